The molecule has 0 saturated carbocycles. The zero-order chi connectivity index (χ0) is 24.9. The quantitative estimate of drug-likeness (QED) is 0.454. The Balaban J connectivity index is 2.14. The molecule has 0 bridgehead atoms. The molecule has 3 aromatic rings. The van der Waals surface area contributed by atoms with E-state index in [0.29, 0.717) is 48.3 Å². The van der Waals surface area contributed by atoms with Crippen LogP contribution in [0.3, 0.4) is 0 Å². The van der Waals surface area contributed by atoms with Crippen molar-refractivity contribution in [1.29, 1.82) is 0 Å². The summed E-state index contributed by atoms with van der Waals surface area (Å²) in [6.07, 6.45) is 0. The second kappa shape index (κ2) is 11.2. The van der Waals surface area contributed by atoms with Crippen molar-refractivity contribution < 1.29 is 22.7 Å². The molecule has 182 valence electrons. The van der Waals surface area contributed by atoms with Gasteiger partial charge in [-0.2, -0.15) is 0 Å². The molecule has 0 aliphatic rings. The molecule has 2 N–H and O–H groups in total. The van der Waals surface area contributed by atoms with Crippen LogP contribution >= 0.6 is 11.6 Å². The van der Waals surface area contributed by atoms with Crippen molar-refractivity contribution in [2.24, 2.45) is 5.14 Å². The fourth-order valence-electron chi connectivity index (χ4n) is 3.66. The molecule has 1 amide bonds. The summed E-state index contributed by atoms with van der Waals surface area (Å²) in [7, 11) is -0.649. The van der Waals surface area contributed by atoms with Gasteiger partial charge in [0.05, 0.1) is 29.4 Å². The summed E-state index contributed by atoms with van der Waals surface area (Å²) in [5, 5.41) is 5.84. The molecule has 0 atom stereocenters. The van der Waals surface area contributed by atoms with Crippen molar-refractivity contribution >= 4 is 27.5 Å². The van der Waals surface area contributed by atoms with Gasteiger partial charge in [-0.25, -0.2) is 13.6 Å². The zero-order valence-corrected chi connectivity index (χ0v) is 20.9. The number of aromatic nitrogens is 1. The standard InChI is InChI=1S/C24H28ClN3O5S/c1-17-22(24(29)27(12-14-32-2)13-15-33-3)16-23(18-4-6-19(25)7-5-18)28(17)20-8-10-21(11-9-20)34(26,30)31/h4-11,16H,12-15H2,1-3H3,(H2,26,30,31). The number of rotatable bonds is 10. The van der Waals surface area contributed by atoms with Crippen molar-refractivity contribution in [3.8, 4) is 16.9 Å². The minimum atomic E-state index is -3.82. The highest BCUT2D eigenvalue weighted by Crippen LogP contribution is 2.31. The van der Waals surface area contributed by atoms with Gasteiger partial charge in [0.25, 0.3) is 5.91 Å². The van der Waals surface area contributed by atoms with Crippen LogP contribution in [0.25, 0.3) is 16.9 Å². The molecule has 0 spiro atoms. The summed E-state index contributed by atoms with van der Waals surface area (Å²) in [6, 6.07) is 15.3. The smallest absolute Gasteiger partial charge is 0.255 e. The molecule has 0 radical (unpaired) electrons. The predicted molar refractivity (Wildman–Crippen MR) is 132 cm³/mol. The Hall–Kier alpha value is -2.69. The second-order valence-electron chi connectivity index (χ2n) is 7.69. The van der Waals surface area contributed by atoms with E-state index < -0.39 is 10.0 Å². The number of amides is 1. The number of primary sulfonamides is 1. The van der Waals surface area contributed by atoms with E-state index in [1.54, 1.807) is 43.4 Å². The molecule has 0 unspecified atom stereocenters. The van der Waals surface area contributed by atoms with Gasteiger partial charge in [-0.15, -0.1) is 0 Å². The molecular weight excluding hydrogens is 478 g/mol. The lowest BCUT2D eigenvalue weighted by Gasteiger charge is -2.22. The molecular formula is C24H28ClN3O5S. The van der Waals surface area contributed by atoms with E-state index in [1.165, 1.54) is 12.1 Å². The average Bonchev–Trinajstić information content (AvgIpc) is 3.15. The van der Waals surface area contributed by atoms with Crippen molar-refractivity contribution in [2.75, 3.05) is 40.5 Å². The first kappa shape index (κ1) is 25.9. The van der Waals surface area contributed by atoms with E-state index in [1.807, 2.05) is 29.7 Å². The number of ether oxygens (including phenoxy) is 2. The molecule has 10 heteroatoms. The van der Waals surface area contributed by atoms with Crippen LogP contribution in [0.5, 0.6) is 0 Å². The van der Waals surface area contributed by atoms with Crippen LogP contribution in [-0.4, -0.2) is 64.3 Å². The summed E-state index contributed by atoms with van der Waals surface area (Å²) in [5.74, 6) is -0.151. The Labute approximate surface area is 204 Å². The lowest BCUT2D eigenvalue weighted by Crippen LogP contribution is -2.36. The monoisotopic (exact) mass is 505 g/mol. The molecule has 3 rings (SSSR count). The predicted octanol–water partition coefficient (Wildman–Crippen LogP) is 3.49. The number of nitrogens with zero attached hydrogens (tertiary/aromatic N) is 2. The van der Waals surface area contributed by atoms with E-state index >= 15 is 0 Å². The SMILES string of the molecule is COCCN(CCOC)C(=O)c1cc(-c2ccc(Cl)cc2)n(-c2ccc(S(N)(=O)=O)cc2)c1C. The van der Waals surface area contributed by atoms with E-state index in [4.69, 9.17) is 26.2 Å². The Morgan fingerprint density at radius 1 is 1.00 bits per heavy atom. The number of benzene rings is 2. The largest absolute Gasteiger partial charge is 0.383 e. The van der Waals surface area contributed by atoms with Crippen molar-refractivity contribution in [3.05, 3.63) is 70.9 Å². The Bertz CT molecular complexity index is 1230. The van der Waals surface area contributed by atoms with Crippen LogP contribution in [0.4, 0.5) is 0 Å². The number of carbonyl (C=O) groups is 1. The number of carbonyl (C=O) groups excluding carboxylic acids is 1. The number of nitrogens with two attached hydrogens (primary N) is 1. The van der Waals surface area contributed by atoms with Gasteiger partial charge in [-0.1, -0.05) is 23.7 Å². The van der Waals surface area contributed by atoms with Crippen LogP contribution < -0.4 is 5.14 Å². The van der Waals surface area contributed by atoms with Crippen molar-refractivity contribution in [2.45, 2.75) is 11.8 Å². The fourth-order valence-corrected chi connectivity index (χ4v) is 4.30. The van der Waals surface area contributed by atoms with E-state index in [0.717, 1.165) is 11.3 Å². The van der Waals surface area contributed by atoms with Gasteiger partial charge < -0.3 is 18.9 Å². The number of methoxy groups -OCH3 is 2. The first-order chi connectivity index (χ1) is 16.2. The molecule has 0 aliphatic carbocycles. The lowest BCUT2D eigenvalue weighted by atomic mass is 10.1. The van der Waals surface area contributed by atoms with Crippen molar-refractivity contribution in [1.82, 2.24) is 9.47 Å². The third-order valence-electron chi connectivity index (χ3n) is 5.46. The maximum Gasteiger partial charge on any atom is 0.255 e. The van der Waals surface area contributed by atoms with Crippen LogP contribution in [0, 0.1) is 6.92 Å². The third-order valence-corrected chi connectivity index (χ3v) is 6.64. The molecule has 0 fully saturated rings. The van der Waals surface area contributed by atoms with Crippen molar-refractivity contribution in [3.63, 3.8) is 0 Å². The topological polar surface area (TPSA) is 104 Å². The summed E-state index contributed by atoms with van der Waals surface area (Å²) < 4.78 is 35.7. The second-order valence-corrected chi connectivity index (χ2v) is 9.69. The normalized spacial score (nSPS) is 11.6. The molecule has 2 aromatic carbocycles. The van der Waals surface area contributed by atoms with Gasteiger partial charge in [-0.05, 0) is 55.0 Å². The third kappa shape index (κ3) is 5.86. The van der Waals surface area contributed by atoms with Crippen LogP contribution in [0.15, 0.2) is 59.5 Å². The maximum absolute atomic E-state index is 13.5. The van der Waals surface area contributed by atoms with Gasteiger partial charge >= 0.3 is 0 Å². The highest BCUT2D eigenvalue weighted by atomic mass is 35.5. The Morgan fingerprint density at radius 3 is 2.06 bits per heavy atom. The Morgan fingerprint density at radius 2 is 1.56 bits per heavy atom. The number of hydrogen-bond donors (Lipinski definition) is 1. The van der Waals surface area contributed by atoms with Gasteiger partial charge in [0.2, 0.25) is 10.0 Å². The summed E-state index contributed by atoms with van der Waals surface area (Å²) >= 11 is 6.08. The highest BCUT2D eigenvalue weighted by Gasteiger charge is 2.24. The molecule has 1 heterocycles. The summed E-state index contributed by atoms with van der Waals surface area (Å²) in [6.45, 7) is 3.49. The van der Waals surface area contributed by atoms with Gasteiger partial charge in [-0.3, -0.25) is 4.79 Å². The minimum Gasteiger partial charge on any atom is -0.383 e. The molecule has 0 aliphatic heterocycles. The first-order valence-electron chi connectivity index (χ1n) is 10.6. The summed E-state index contributed by atoms with van der Waals surface area (Å²) in [5.41, 5.74) is 3.53. The van der Waals surface area contributed by atoms with E-state index in [-0.39, 0.29) is 10.8 Å². The molecule has 0 saturated heterocycles. The van der Waals surface area contributed by atoms with Gasteiger partial charge in [0.15, 0.2) is 0 Å². The van der Waals surface area contributed by atoms with Crippen LogP contribution in [0.1, 0.15) is 16.1 Å². The lowest BCUT2D eigenvalue weighted by molar-refractivity contribution is 0.0626. The molecule has 34 heavy (non-hydrogen) atoms. The molecule has 1 aromatic heterocycles. The van der Waals surface area contributed by atoms with E-state index in [9.17, 15) is 13.2 Å². The highest BCUT2D eigenvalue weighted by molar-refractivity contribution is 7.89. The van der Waals surface area contributed by atoms with Gasteiger partial charge in [0.1, 0.15) is 0 Å². The summed E-state index contributed by atoms with van der Waals surface area (Å²) in [4.78, 5) is 15.2. The minimum absolute atomic E-state index is 0.00992. The van der Waals surface area contributed by atoms with Crippen LogP contribution in [-0.2, 0) is 19.5 Å². The number of halogens is 1. The first-order valence-corrected chi connectivity index (χ1v) is 12.5. The Kier molecular flexibility index (Phi) is 8.51. The number of hydrogen-bond acceptors (Lipinski definition) is 5. The van der Waals surface area contributed by atoms with Crippen LogP contribution in [0.2, 0.25) is 5.02 Å². The number of sulfonamides is 1. The maximum atomic E-state index is 13.5. The fraction of sp³-hybridized carbons (Fsp3) is 0.292. The average molecular weight is 506 g/mol. The molecule has 8 nitrogen and oxygen atoms in total. The van der Waals surface area contributed by atoms with Gasteiger partial charge in [0, 0.05) is 43.7 Å². The van der Waals surface area contributed by atoms with E-state index in [2.05, 4.69) is 0 Å². The zero-order valence-electron chi connectivity index (χ0n) is 19.3.